The van der Waals surface area contributed by atoms with Gasteiger partial charge in [-0.3, -0.25) is 9.78 Å². The van der Waals surface area contributed by atoms with E-state index in [-0.39, 0.29) is 12.4 Å². The summed E-state index contributed by atoms with van der Waals surface area (Å²) < 4.78 is 4.93. The molecular formula is C14H12N2O3. The molecule has 2 N–H and O–H groups in total. The number of nitrogens with zero attached hydrogens (tertiary/aromatic N) is 1. The van der Waals surface area contributed by atoms with Crippen LogP contribution in [-0.2, 0) is 4.74 Å². The van der Waals surface area contributed by atoms with Crippen molar-refractivity contribution in [3.05, 3.63) is 59.9 Å². The molecule has 0 amide bonds. The number of Topliss-reactive ketones (excluding diaryl/α,β-unsaturated/α-hetero) is 1. The van der Waals surface area contributed by atoms with Crippen molar-refractivity contribution in [2.24, 2.45) is 0 Å². The fraction of sp³-hybridized carbons (Fsp3) is 0.0714. The molecule has 19 heavy (non-hydrogen) atoms. The van der Waals surface area contributed by atoms with Crippen LogP contribution in [0.1, 0.15) is 20.7 Å². The van der Waals surface area contributed by atoms with Gasteiger partial charge in [-0.2, -0.15) is 0 Å². The van der Waals surface area contributed by atoms with E-state index in [0.29, 0.717) is 16.8 Å². The fourth-order valence-corrected chi connectivity index (χ4v) is 1.44. The molecule has 0 atom stereocenters. The van der Waals surface area contributed by atoms with Crippen molar-refractivity contribution in [3.8, 4) is 0 Å². The summed E-state index contributed by atoms with van der Waals surface area (Å²) in [4.78, 5) is 27.2. The van der Waals surface area contributed by atoms with E-state index in [9.17, 15) is 9.59 Å². The minimum Gasteiger partial charge on any atom is -0.454 e. The highest BCUT2D eigenvalue weighted by Crippen LogP contribution is 2.07. The van der Waals surface area contributed by atoms with Crippen molar-refractivity contribution in [1.29, 1.82) is 0 Å². The maximum absolute atomic E-state index is 11.7. The lowest BCUT2D eigenvalue weighted by Gasteiger charge is -2.04. The van der Waals surface area contributed by atoms with Crippen molar-refractivity contribution >= 4 is 17.4 Å². The predicted octanol–water partition coefficient (Wildman–Crippen LogP) is 1.70. The largest absolute Gasteiger partial charge is 0.454 e. The molecule has 1 heterocycles. The summed E-state index contributed by atoms with van der Waals surface area (Å²) in [6.45, 7) is -0.311. The van der Waals surface area contributed by atoms with Gasteiger partial charge in [0, 0.05) is 23.6 Å². The van der Waals surface area contributed by atoms with E-state index in [1.54, 1.807) is 42.6 Å². The van der Waals surface area contributed by atoms with Gasteiger partial charge in [-0.25, -0.2) is 4.79 Å². The van der Waals surface area contributed by atoms with E-state index in [4.69, 9.17) is 10.5 Å². The maximum Gasteiger partial charge on any atom is 0.338 e. The molecular weight excluding hydrogens is 244 g/mol. The van der Waals surface area contributed by atoms with Crippen LogP contribution in [0.15, 0.2) is 48.8 Å². The number of nitrogens with two attached hydrogens (primary N) is 1. The van der Waals surface area contributed by atoms with Gasteiger partial charge in [0.05, 0.1) is 5.56 Å². The van der Waals surface area contributed by atoms with Gasteiger partial charge >= 0.3 is 5.97 Å². The summed E-state index contributed by atoms with van der Waals surface area (Å²) in [5.41, 5.74) is 6.83. The zero-order valence-electron chi connectivity index (χ0n) is 10.1. The average Bonchev–Trinajstić information content (AvgIpc) is 2.46. The van der Waals surface area contributed by atoms with Gasteiger partial charge < -0.3 is 10.5 Å². The van der Waals surface area contributed by atoms with Gasteiger partial charge in [0.2, 0.25) is 5.78 Å². The molecule has 96 valence electrons. The van der Waals surface area contributed by atoms with Crippen LogP contribution < -0.4 is 5.73 Å². The Morgan fingerprint density at radius 1 is 1.11 bits per heavy atom. The van der Waals surface area contributed by atoms with E-state index in [2.05, 4.69) is 4.98 Å². The summed E-state index contributed by atoms with van der Waals surface area (Å²) in [7, 11) is 0. The number of hydrogen-bond donors (Lipinski definition) is 1. The Balaban J connectivity index is 1.94. The molecule has 0 spiro atoms. The van der Waals surface area contributed by atoms with Crippen LogP contribution >= 0.6 is 0 Å². The van der Waals surface area contributed by atoms with E-state index < -0.39 is 5.97 Å². The lowest BCUT2D eigenvalue weighted by molar-refractivity contribution is 0.0474. The minimum atomic E-state index is -0.558. The molecule has 0 fully saturated rings. The van der Waals surface area contributed by atoms with Crippen LogP contribution in [0.25, 0.3) is 0 Å². The Kier molecular flexibility index (Phi) is 3.87. The Bertz CT molecular complexity index is 579. The quantitative estimate of drug-likeness (QED) is 0.511. The number of esters is 1. The SMILES string of the molecule is Nc1ccc(C(=O)OCC(=O)c2cccnc2)cc1. The van der Waals surface area contributed by atoms with Gasteiger partial charge in [0.15, 0.2) is 6.61 Å². The molecule has 0 aliphatic carbocycles. The number of ether oxygens (including phenoxy) is 1. The van der Waals surface area contributed by atoms with Crippen LogP contribution in [0.5, 0.6) is 0 Å². The second-order valence-corrected chi connectivity index (χ2v) is 3.86. The fourth-order valence-electron chi connectivity index (χ4n) is 1.44. The van der Waals surface area contributed by atoms with E-state index in [1.807, 2.05) is 0 Å². The first-order chi connectivity index (χ1) is 9.16. The van der Waals surface area contributed by atoms with Crippen LogP contribution in [-0.4, -0.2) is 23.3 Å². The molecule has 0 unspecified atom stereocenters. The molecule has 1 aromatic heterocycles. The number of rotatable bonds is 4. The van der Waals surface area contributed by atoms with Crippen LogP contribution in [0, 0.1) is 0 Å². The Labute approximate surface area is 110 Å². The predicted molar refractivity (Wildman–Crippen MR) is 69.7 cm³/mol. The highest BCUT2D eigenvalue weighted by atomic mass is 16.5. The molecule has 0 bridgehead atoms. The Morgan fingerprint density at radius 3 is 2.47 bits per heavy atom. The van der Waals surface area contributed by atoms with Gasteiger partial charge in [-0.15, -0.1) is 0 Å². The smallest absolute Gasteiger partial charge is 0.338 e. The van der Waals surface area contributed by atoms with E-state index in [1.165, 1.54) is 6.20 Å². The molecule has 0 aliphatic heterocycles. The van der Waals surface area contributed by atoms with Gasteiger partial charge in [0.25, 0.3) is 0 Å². The molecule has 2 aromatic rings. The highest BCUT2D eigenvalue weighted by Gasteiger charge is 2.11. The molecule has 0 radical (unpaired) electrons. The number of benzene rings is 1. The number of hydrogen-bond acceptors (Lipinski definition) is 5. The number of nitrogen functional groups attached to an aromatic ring is 1. The molecule has 2 rings (SSSR count). The topological polar surface area (TPSA) is 82.3 Å². The van der Waals surface area contributed by atoms with Gasteiger partial charge in [0.1, 0.15) is 0 Å². The van der Waals surface area contributed by atoms with Crippen molar-refractivity contribution in [2.75, 3.05) is 12.3 Å². The van der Waals surface area contributed by atoms with Crippen molar-refractivity contribution in [2.45, 2.75) is 0 Å². The summed E-state index contributed by atoms with van der Waals surface area (Å²) in [5, 5.41) is 0. The summed E-state index contributed by atoms with van der Waals surface area (Å²) in [6, 6.07) is 9.55. The third-order valence-corrected chi connectivity index (χ3v) is 2.46. The van der Waals surface area contributed by atoms with Crippen LogP contribution in [0.3, 0.4) is 0 Å². The summed E-state index contributed by atoms with van der Waals surface area (Å²) in [6.07, 6.45) is 3.00. The zero-order chi connectivity index (χ0) is 13.7. The molecule has 5 heteroatoms. The third-order valence-electron chi connectivity index (χ3n) is 2.46. The maximum atomic E-state index is 11.7. The summed E-state index contributed by atoms with van der Waals surface area (Å²) in [5.74, 6) is -0.853. The van der Waals surface area contributed by atoms with Crippen LogP contribution in [0.4, 0.5) is 5.69 Å². The molecule has 1 aromatic carbocycles. The second kappa shape index (κ2) is 5.77. The molecule has 0 aliphatic rings. The highest BCUT2D eigenvalue weighted by molar-refractivity contribution is 5.99. The number of ketones is 1. The second-order valence-electron chi connectivity index (χ2n) is 3.86. The zero-order valence-corrected chi connectivity index (χ0v) is 10.1. The number of carbonyl (C=O) groups excluding carboxylic acids is 2. The number of anilines is 1. The first-order valence-electron chi connectivity index (χ1n) is 5.63. The molecule has 0 saturated carbocycles. The molecule has 0 saturated heterocycles. The van der Waals surface area contributed by atoms with Crippen molar-refractivity contribution in [3.63, 3.8) is 0 Å². The monoisotopic (exact) mass is 256 g/mol. The van der Waals surface area contributed by atoms with Crippen molar-refractivity contribution in [1.82, 2.24) is 4.98 Å². The number of carbonyl (C=O) groups is 2. The van der Waals surface area contributed by atoms with E-state index >= 15 is 0 Å². The Morgan fingerprint density at radius 2 is 1.84 bits per heavy atom. The minimum absolute atomic E-state index is 0.295. The average molecular weight is 256 g/mol. The number of pyridine rings is 1. The normalized spacial score (nSPS) is 9.89. The standard InChI is InChI=1S/C14H12N2O3/c15-12-5-3-10(4-6-12)14(18)19-9-13(17)11-2-1-7-16-8-11/h1-8H,9,15H2. The van der Waals surface area contributed by atoms with Gasteiger partial charge in [-0.05, 0) is 36.4 Å². The lowest BCUT2D eigenvalue weighted by Crippen LogP contribution is -2.14. The first-order valence-corrected chi connectivity index (χ1v) is 5.63. The third kappa shape index (κ3) is 3.38. The van der Waals surface area contributed by atoms with Crippen LogP contribution in [0.2, 0.25) is 0 Å². The van der Waals surface area contributed by atoms with Gasteiger partial charge in [-0.1, -0.05) is 0 Å². The lowest BCUT2D eigenvalue weighted by atomic mass is 10.2. The number of aromatic nitrogens is 1. The molecule has 5 nitrogen and oxygen atoms in total. The summed E-state index contributed by atoms with van der Waals surface area (Å²) >= 11 is 0. The first kappa shape index (κ1) is 12.8. The Hall–Kier alpha value is -2.69. The van der Waals surface area contributed by atoms with Crippen molar-refractivity contribution < 1.29 is 14.3 Å². The van der Waals surface area contributed by atoms with E-state index in [0.717, 1.165) is 0 Å².